The van der Waals surface area contributed by atoms with E-state index in [4.69, 9.17) is 14.6 Å². The van der Waals surface area contributed by atoms with Crippen molar-refractivity contribution in [1.82, 2.24) is 0 Å². The number of amides is 1. The lowest BCUT2D eigenvalue weighted by Gasteiger charge is -2.12. The number of halogens is 1. The lowest BCUT2D eigenvalue weighted by Crippen LogP contribution is -2.21. The molecule has 0 aromatic heterocycles. The van der Waals surface area contributed by atoms with Gasteiger partial charge in [0.25, 0.3) is 5.91 Å². The topological polar surface area (TPSA) is 71.4 Å². The van der Waals surface area contributed by atoms with Crippen molar-refractivity contribution < 1.29 is 19.4 Å². The Morgan fingerprint density at radius 2 is 1.93 bits per heavy atom. The highest BCUT2D eigenvalue weighted by Gasteiger charge is 2.28. The Balaban J connectivity index is 1.88. The summed E-state index contributed by atoms with van der Waals surface area (Å²) in [4.78, 5) is 12.8. The van der Waals surface area contributed by atoms with Crippen LogP contribution in [0.2, 0.25) is 0 Å². The normalized spacial score (nSPS) is 15.3. The van der Waals surface area contributed by atoms with E-state index >= 15 is 0 Å². The van der Waals surface area contributed by atoms with Crippen LogP contribution >= 0.6 is 15.9 Å². The second-order valence-corrected chi connectivity index (χ2v) is 6.73. The number of nitrogens with zero attached hydrogens (tertiary/aromatic N) is 2. The van der Waals surface area contributed by atoms with Gasteiger partial charge in [-0.15, -0.1) is 0 Å². The average molecular weight is 431 g/mol. The number of ether oxygens (including phenoxy) is 2. The molecule has 140 valence electrons. The van der Waals surface area contributed by atoms with Crippen LogP contribution in [0.1, 0.15) is 12.5 Å². The van der Waals surface area contributed by atoms with Gasteiger partial charge in [-0.2, -0.15) is 10.1 Å². The SMILES string of the molecule is COc1cc(/C=C2\C(=O)N(c3ccc(Br)cc3)N=C2C)ccc1OCCO. The zero-order valence-corrected chi connectivity index (χ0v) is 16.6. The fourth-order valence-electron chi connectivity index (χ4n) is 2.66. The highest BCUT2D eigenvalue weighted by Crippen LogP contribution is 2.31. The Morgan fingerprint density at radius 1 is 1.19 bits per heavy atom. The third kappa shape index (κ3) is 4.20. The summed E-state index contributed by atoms with van der Waals surface area (Å²) in [7, 11) is 1.54. The van der Waals surface area contributed by atoms with Gasteiger partial charge in [0, 0.05) is 4.47 Å². The van der Waals surface area contributed by atoms with Crippen molar-refractivity contribution in [2.24, 2.45) is 5.10 Å². The van der Waals surface area contributed by atoms with Gasteiger partial charge < -0.3 is 14.6 Å². The molecule has 2 aromatic carbocycles. The van der Waals surface area contributed by atoms with Gasteiger partial charge in [0.15, 0.2) is 11.5 Å². The summed E-state index contributed by atoms with van der Waals surface area (Å²) in [5.74, 6) is 0.880. The molecule has 0 fully saturated rings. The second kappa shape index (κ2) is 8.37. The lowest BCUT2D eigenvalue weighted by molar-refractivity contribution is -0.114. The summed E-state index contributed by atoms with van der Waals surface area (Å²) in [6, 6.07) is 12.7. The van der Waals surface area contributed by atoms with Crippen LogP contribution in [0.3, 0.4) is 0 Å². The lowest BCUT2D eigenvalue weighted by atomic mass is 10.1. The van der Waals surface area contributed by atoms with E-state index in [-0.39, 0.29) is 19.1 Å². The first-order chi connectivity index (χ1) is 13.0. The molecule has 0 atom stereocenters. The van der Waals surface area contributed by atoms with E-state index in [1.54, 1.807) is 32.2 Å². The van der Waals surface area contributed by atoms with Crippen LogP contribution in [0, 0.1) is 0 Å². The zero-order chi connectivity index (χ0) is 19.4. The standard InChI is InChI=1S/C20H19BrN2O4/c1-13-17(20(25)23(22-13)16-6-4-15(21)5-7-16)11-14-3-8-18(27-10-9-24)19(12-14)26-2/h3-8,11-12,24H,9-10H2,1-2H3/b17-11-. The summed E-state index contributed by atoms with van der Waals surface area (Å²) in [6.45, 7) is 1.91. The van der Waals surface area contributed by atoms with Crippen LogP contribution in [0.5, 0.6) is 11.5 Å². The van der Waals surface area contributed by atoms with Crippen LogP contribution in [-0.4, -0.2) is 37.0 Å². The molecule has 0 saturated heterocycles. The van der Waals surface area contributed by atoms with Gasteiger partial charge in [0.2, 0.25) is 0 Å². The number of methoxy groups -OCH3 is 1. The van der Waals surface area contributed by atoms with Crippen LogP contribution in [0.15, 0.2) is 57.6 Å². The third-order valence-corrected chi connectivity index (χ3v) is 4.51. The Labute approximate surface area is 165 Å². The first-order valence-electron chi connectivity index (χ1n) is 8.32. The molecule has 1 aliphatic heterocycles. The maximum atomic E-state index is 12.8. The van der Waals surface area contributed by atoms with E-state index in [0.717, 1.165) is 10.0 Å². The first kappa shape index (κ1) is 19.1. The molecule has 1 heterocycles. The van der Waals surface area contributed by atoms with Crippen LogP contribution in [-0.2, 0) is 4.79 Å². The molecule has 0 saturated carbocycles. The Hall–Kier alpha value is -2.64. The van der Waals surface area contributed by atoms with E-state index in [1.165, 1.54) is 5.01 Å². The molecule has 0 aliphatic carbocycles. The van der Waals surface area contributed by atoms with E-state index in [9.17, 15) is 4.79 Å². The molecular formula is C20H19BrN2O4. The summed E-state index contributed by atoms with van der Waals surface area (Å²) in [5, 5.41) is 14.7. The molecule has 27 heavy (non-hydrogen) atoms. The minimum Gasteiger partial charge on any atom is -0.493 e. The number of anilines is 1. The number of hydrogen-bond acceptors (Lipinski definition) is 5. The maximum absolute atomic E-state index is 12.8. The fourth-order valence-corrected chi connectivity index (χ4v) is 2.92. The van der Waals surface area contributed by atoms with Crippen molar-refractivity contribution >= 4 is 39.3 Å². The summed E-state index contributed by atoms with van der Waals surface area (Å²) in [5.41, 5.74) is 2.65. The van der Waals surface area contributed by atoms with E-state index in [1.807, 2.05) is 30.3 Å². The van der Waals surface area contributed by atoms with Gasteiger partial charge in [0.1, 0.15) is 6.61 Å². The molecule has 0 unspecified atom stereocenters. The van der Waals surface area contributed by atoms with E-state index in [0.29, 0.717) is 28.5 Å². The third-order valence-electron chi connectivity index (χ3n) is 3.98. The molecule has 6 nitrogen and oxygen atoms in total. The number of rotatable bonds is 6. The van der Waals surface area contributed by atoms with Crippen molar-refractivity contribution in [2.45, 2.75) is 6.92 Å². The van der Waals surface area contributed by atoms with Crippen molar-refractivity contribution in [2.75, 3.05) is 25.3 Å². The van der Waals surface area contributed by atoms with Crippen LogP contribution in [0.25, 0.3) is 6.08 Å². The smallest absolute Gasteiger partial charge is 0.280 e. The largest absolute Gasteiger partial charge is 0.493 e. The second-order valence-electron chi connectivity index (χ2n) is 5.82. The number of aliphatic hydroxyl groups is 1. The predicted molar refractivity (Wildman–Crippen MR) is 108 cm³/mol. The fraction of sp³-hybridized carbons (Fsp3) is 0.200. The molecule has 0 spiro atoms. The van der Waals surface area contributed by atoms with E-state index < -0.39 is 0 Å². The monoisotopic (exact) mass is 430 g/mol. The van der Waals surface area contributed by atoms with Crippen molar-refractivity contribution in [3.8, 4) is 11.5 Å². The molecule has 1 amide bonds. The Morgan fingerprint density at radius 3 is 2.59 bits per heavy atom. The maximum Gasteiger partial charge on any atom is 0.280 e. The van der Waals surface area contributed by atoms with Crippen LogP contribution < -0.4 is 14.5 Å². The number of aliphatic hydroxyl groups excluding tert-OH is 1. The molecule has 1 N–H and O–H groups in total. The molecule has 1 aliphatic rings. The number of hydrogen-bond donors (Lipinski definition) is 1. The first-order valence-corrected chi connectivity index (χ1v) is 9.12. The minimum absolute atomic E-state index is 0.0784. The number of hydrazone groups is 1. The highest BCUT2D eigenvalue weighted by molar-refractivity contribution is 9.10. The average Bonchev–Trinajstić information content (AvgIpc) is 2.95. The zero-order valence-electron chi connectivity index (χ0n) is 15.0. The molecule has 2 aromatic rings. The van der Waals surface area contributed by atoms with Gasteiger partial charge in [0.05, 0.1) is 30.7 Å². The van der Waals surface area contributed by atoms with Gasteiger partial charge in [-0.3, -0.25) is 4.79 Å². The number of benzene rings is 2. The molecule has 0 bridgehead atoms. The highest BCUT2D eigenvalue weighted by atomic mass is 79.9. The summed E-state index contributed by atoms with van der Waals surface area (Å²) < 4.78 is 11.7. The van der Waals surface area contributed by atoms with Gasteiger partial charge in [-0.05, 0) is 55.0 Å². The molecule has 3 rings (SSSR count). The van der Waals surface area contributed by atoms with Crippen LogP contribution in [0.4, 0.5) is 5.69 Å². The predicted octanol–water partition coefficient (Wildman–Crippen LogP) is 3.63. The molecule has 7 heteroatoms. The Bertz CT molecular complexity index is 907. The van der Waals surface area contributed by atoms with Gasteiger partial charge in [-0.25, -0.2) is 0 Å². The minimum atomic E-state index is -0.186. The number of carbonyl (C=O) groups is 1. The van der Waals surface area contributed by atoms with Gasteiger partial charge in [-0.1, -0.05) is 22.0 Å². The molecular weight excluding hydrogens is 412 g/mol. The van der Waals surface area contributed by atoms with Crippen molar-refractivity contribution in [1.29, 1.82) is 0 Å². The summed E-state index contributed by atoms with van der Waals surface area (Å²) in [6.07, 6.45) is 1.78. The molecule has 0 radical (unpaired) electrons. The van der Waals surface area contributed by atoms with Crippen molar-refractivity contribution in [3.63, 3.8) is 0 Å². The van der Waals surface area contributed by atoms with E-state index in [2.05, 4.69) is 21.0 Å². The van der Waals surface area contributed by atoms with Crippen molar-refractivity contribution in [3.05, 3.63) is 58.1 Å². The van der Waals surface area contributed by atoms with Gasteiger partial charge >= 0.3 is 0 Å². The summed E-state index contributed by atoms with van der Waals surface area (Å²) >= 11 is 3.39. The number of carbonyl (C=O) groups excluding carboxylic acids is 1. The Kier molecular flexibility index (Phi) is 5.93. The quantitative estimate of drug-likeness (QED) is 0.710.